The minimum absolute atomic E-state index is 0.644. The molecule has 1 heterocycles. The summed E-state index contributed by atoms with van der Waals surface area (Å²) in [4.78, 5) is 3.01. The van der Waals surface area contributed by atoms with Crippen molar-refractivity contribution in [2.24, 2.45) is 0 Å². The summed E-state index contributed by atoms with van der Waals surface area (Å²) in [5, 5.41) is 9.73. The summed E-state index contributed by atoms with van der Waals surface area (Å²) in [6.07, 6.45) is 3.44. The number of aromatic nitrogens is 1. The van der Waals surface area contributed by atoms with Crippen molar-refractivity contribution in [3.8, 4) is 6.08 Å². The standard InChI is InChI=1S/C3NO2/c5-3-4-1-2-6-3. The summed E-state index contributed by atoms with van der Waals surface area (Å²) >= 11 is 0. The first kappa shape index (κ1) is 3.04. The predicted octanol–water partition coefficient (Wildman–Crippen LogP) is 0.419. The molecule has 0 bridgehead atoms. The van der Waals surface area contributed by atoms with Crippen LogP contribution < -0.4 is 0 Å². The predicted molar refractivity (Wildman–Crippen MR) is 14.3 cm³/mol. The third kappa shape index (κ3) is 0.279. The lowest BCUT2D eigenvalue weighted by molar-refractivity contribution is 0.234. The average Bonchev–Trinajstić information content (AvgIpc) is 1.86. The number of hydrogen-bond donors (Lipinski definition) is 0. The van der Waals surface area contributed by atoms with Crippen molar-refractivity contribution in [2.45, 2.75) is 0 Å². The van der Waals surface area contributed by atoms with Gasteiger partial charge in [0.1, 0.15) is 6.26 Å². The molecule has 0 N–H and O–H groups in total. The first-order chi connectivity index (χ1) is 2.89. The fourth-order valence-corrected chi connectivity index (χ4v) is 0.158. The fourth-order valence-electron chi connectivity index (χ4n) is 0.158. The molecule has 3 nitrogen and oxygen atoms in total. The van der Waals surface area contributed by atoms with Crippen LogP contribution >= 0.6 is 0 Å². The van der Waals surface area contributed by atoms with E-state index in [9.17, 15) is 5.11 Å². The summed E-state index contributed by atoms with van der Waals surface area (Å²) in [6.45, 7) is 0. The fraction of sp³-hybridized carbons (Fsp3) is 0. The van der Waals surface area contributed by atoms with Crippen LogP contribution in [0.1, 0.15) is 0 Å². The molecule has 0 aliphatic rings. The van der Waals surface area contributed by atoms with E-state index in [1.807, 2.05) is 6.26 Å². The largest absolute Gasteiger partial charge is 0.456 e. The molecule has 3 heteroatoms. The monoisotopic (exact) mass is 82.0 g/mol. The van der Waals surface area contributed by atoms with Crippen LogP contribution in [-0.2, 0) is 5.11 Å². The highest BCUT2D eigenvalue weighted by atomic mass is 16.5. The van der Waals surface area contributed by atoms with Crippen LogP contribution in [0.2, 0.25) is 0 Å². The Morgan fingerprint density at radius 3 is 2.83 bits per heavy atom. The van der Waals surface area contributed by atoms with Gasteiger partial charge >= 0.3 is 6.08 Å². The Kier molecular flexibility index (Phi) is 0.457. The summed E-state index contributed by atoms with van der Waals surface area (Å²) in [5.74, 6) is 0. The molecule has 1 rings (SSSR count). The molecule has 0 aromatic carbocycles. The van der Waals surface area contributed by atoms with Crippen molar-refractivity contribution < 1.29 is 9.52 Å². The Labute approximate surface area is 34.2 Å². The molecule has 0 aliphatic heterocycles. The van der Waals surface area contributed by atoms with Crippen molar-refractivity contribution in [3.63, 3.8) is 0 Å². The second-order valence-electron chi connectivity index (χ2n) is 0.694. The number of hydrogen-bond acceptors (Lipinski definition) is 2. The van der Waals surface area contributed by atoms with E-state index in [0.717, 1.165) is 0 Å². The summed E-state index contributed by atoms with van der Waals surface area (Å²) in [6, 6.07) is 0. The van der Waals surface area contributed by atoms with Gasteiger partial charge in [0, 0.05) is 0 Å². The van der Waals surface area contributed by atoms with E-state index >= 15 is 0 Å². The van der Waals surface area contributed by atoms with Gasteiger partial charge in [-0.05, 0) is 0 Å². The van der Waals surface area contributed by atoms with Gasteiger partial charge in [-0.2, -0.15) is 0 Å². The number of nitrogens with zero attached hydrogens (tertiary/aromatic N) is 1. The van der Waals surface area contributed by atoms with Gasteiger partial charge in [-0.3, -0.25) is 0 Å². The molecule has 0 fully saturated rings. The molecule has 0 saturated heterocycles. The zero-order valence-corrected chi connectivity index (χ0v) is 2.76. The Morgan fingerprint density at radius 1 is 1.83 bits per heavy atom. The van der Waals surface area contributed by atoms with E-state index < -0.39 is 6.08 Å². The highest BCUT2D eigenvalue weighted by Gasteiger charge is 1.84. The smallest absolute Gasteiger partial charge is 0.352 e. The first-order valence-electron chi connectivity index (χ1n) is 1.31. The molecule has 1 aromatic rings. The van der Waals surface area contributed by atoms with E-state index in [2.05, 4.69) is 15.6 Å². The summed E-state index contributed by atoms with van der Waals surface area (Å²) in [5.41, 5.74) is 0. The van der Waals surface area contributed by atoms with E-state index in [-0.39, 0.29) is 0 Å². The van der Waals surface area contributed by atoms with E-state index in [1.54, 1.807) is 0 Å². The van der Waals surface area contributed by atoms with Crippen LogP contribution in [0.5, 0.6) is 6.08 Å². The van der Waals surface area contributed by atoms with Gasteiger partial charge in [-0.15, -0.1) is 4.98 Å². The van der Waals surface area contributed by atoms with Gasteiger partial charge in [0.25, 0.3) is 0 Å². The Hall–Kier alpha value is -1.17. The normalized spacial score (nSPS) is 7.33. The van der Waals surface area contributed by atoms with Crippen molar-refractivity contribution in [3.05, 3.63) is 12.5 Å². The minimum Gasteiger partial charge on any atom is -0.352 e. The molecule has 0 atom stereocenters. The highest BCUT2D eigenvalue weighted by molar-refractivity contribution is 4.71. The Bertz CT molecular complexity index is 112. The van der Waals surface area contributed by atoms with Gasteiger partial charge in [0.05, 0.1) is 6.20 Å². The maximum Gasteiger partial charge on any atom is 0.456 e. The second kappa shape index (κ2) is 0.902. The van der Waals surface area contributed by atoms with Gasteiger partial charge in [-0.1, -0.05) is 0 Å². The molecule has 0 saturated carbocycles. The zero-order chi connectivity index (χ0) is 4.41. The first-order valence-corrected chi connectivity index (χ1v) is 1.31. The van der Waals surface area contributed by atoms with Crippen LogP contribution in [0, 0.1) is 12.5 Å². The lowest BCUT2D eigenvalue weighted by atomic mass is 11.2. The van der Waals surface area contributed by atoms with Gasteiger partial charge in [0.2, 0.25) is 0 Å². The van der Waals surface area contributed by atoms with Crippen molar-refractivity contribution in [1.82, 2.24) is 4.98 Å². The molecule has 1 radical (unpaired) electrons. The molecule has 0 amide bonds. The third-order valence-electron chi connectivity index (χ3n) is 0.331. The maximum atomic E-state index is 9.73. The highest BCUT2D eigenvalue weighted by Crippen LogP contribution is 1.94. The lowest BCUT2D eigenvalue weighted by Crippen LogP contribution is -1.49. The molecule has 1 aromatic heterocycles. The maximum absolute atomic E-state index is 9.73. The molecule has 29 valence electrons. The van der Waals surface area contributed by atoms with E-state index in [0.29, 0.717) is 0 Å². The van der Waals surface area contributed by atoms with E-state index in [4.69, 9.17) is 0 Å². The van der Waals surface area contributed by atoms with Crippen molar-refractivity contribution >= 4 is 0 Å². The summed E-state index contributed by atoms with van der Waals surface area (Å²) in [7, 11) is 0. The molecular weight excluding hydrogens is 82.0 g/mol. The summed E-state index contributed by atoms with van der Waals surface area (Å²) < 4.78 is 3.99. The Morgan fingerprint density at radius 2 is 2.67 bits per heavy atom. The van der Waals surface area contributed by atoms with Crippen molar-refractivity contribution in [1.29, 1.82) is 0 Å². The van der Waals surface area contributed by atoms with Crippen molar-refractivity contribution in [2.75, 3.05) is 0 Å². The average molecular weight is 82.0 g/mol. The molecule has 0 aliphatic carbocycles. The minimum atomic E-state index is -0.644. The third-order valence-corrected chi connectivity index (χ3v) is 0.331. The van der Waals surface area contributed by atoms with Crippen LogP contribution in [0.3, 0.4) is 0 Å². The topological polar surface area (TPSA) is 45.9 Å². The molecular formula is C3NO2. The Balaban J connectivity index is 3.05. The number of rotatable bonds is 0. The van der Waals surface area contributed by atoms with Crippen LogP contribution in [-0.4, -0.2) is 4.98 Å². The van der Waals surface area contributed by atoms with Crippen LogP contribution in [0.4, 0.5) is 0 Å². The molecule has 6 heavy (non-hydrogen) atoms. The SMILES string of the molecule is [O]c1nc#co1. The zero-order valence-electron chi connectivity index (χ0n) is 2.76. The quantitative estimate of drug-likeness (QED) is 0.455. The lowest BCUT2D eigenvalue weighted by Gasteiger charge is -1.57. The molecule has 0 unspecified atom stereocenters. The van der Waals surface area contributed by atoms with E-state index in [1.165, 1.54) is 0 Å². The molecule has 0 spiro atoms. The van der Waals surface area contributed by atoms with Crippen LogP contribution in [0.15, 0.2) is 4.42 Å². The second-order valence-corrected chi connectivity index (χ2v) is 0.694. The van der Waals surface area contributed by atoms with Crippen LogP contribution in [0.25, 0.3) is 0 Å². The van der Waals surface area contributed by atoms with Gasteiger partial charge in [-0.25, -0.2) is 5.11 Å². The van der Waals surface area contributed by atoms with Gasteiger partial charge < -0.3 is 4.42 Å². The van der Waals surface area contributed by atoms with Gasteiger partial charge in [0.15, 0.2) is 0 Å².